The number of carbonyl (C=O) groups excluding carboxylic acids is 1. The minimum absolute atomic E-state index is 0.182. The van der Waals surface area contributed by atoms with E-state index in [1.54, 1.807) is 12.1 Å². The molecule has 2 aromatic carbocycles. The lowest BCUT2D eigenvalue weighted by Gasteiger charge is -2.14. The second-order valence-electron chi connectivity index (χ2n) is 5.96. The van der Waals surface area contributed by atoms with Crippen molar-refractivity contribution in [3.8, 4) is 0 Å². The van der Waals surface area contributed by atoms with Gasteiger partial charge in [-0.2, -0.15) is 0 Å². The molecule has 0 radical (unpaired) electrons. The van der Waals surface area contributed by atoms with Crippen molar-refractivity contribution in [2.24, 2.45) is 0 Å². The monoisotopic (exact) mass is 361 g/mol. The Balaban J connectivity index is 1.91. The number of carbonyl (C=O) groups is 1. The maximum Gasteiger partial charge on any atom is 0.319 e. The molecule has 0 saturated heterocycles. The summed E-state index contributed by atoms with van der Waals surface area (Å²) in [5.74, 6) is 0.194. The van der Waals surface area contributed by atoms with Crippen LogP contribution in [0, 0.1) is 0 Å². The Morgan fingerprint density at radius 3 is 2.20 bits per heavy atom. The summed E-state index contributed by atoms with van der Waals surface area (Å²) in [7, 11) is -0.519. The van der Waals surface area contributed by atoms with Gasteiger partial charge in [0.25, 0.3) is 0 Å². The highest BCUT2D eigenvalue weighted by molar-refractivity contribution is 7.89. The number of hydrogen-bond acceptors (Lipinski definition) is 3. The van der Waals surface area contributed by atoms with E-state index in [4.69, 9.17) is 0 Å². The van der Waals surface area contributed by atoms with Crippen LogP contribution in [0.1, 0.15) is 18.4 Å². The average Bonchev–Trinajstić information content (AvgIpc) is 2.60. The Morgan fingerprint density at radius 1 is 1.04 bits per heavy atom. The molecule has 0 fully saturated rings. The van der Waals surface area contributed by atoms with Crippen LogP contribution in [0.15, 0.2) is 59.5 Å². The summed E-state index contributed by atoms with van der Waals surface area (Å²) in [6.07, 6.45) is 0. The van der Waals surface area contributed by atoms with Gasteiger partial charge in [0, 0.05) is 26.3 Å². The van der Waals surface area contributed by atoms with Gasteiger partial charge in [-0.1, -0.05) is 37.3 Å². The van der Waals surface area contributed by atoms with Gasteiger partial charge in [0.15, 0.2) is 0 Å². The maximum absolute atomic E-state index is 12.0. The van der Waals surface area contributed by atoms with Crippen molar-refractivity contribution in [1.82, 2.24) is 9.62 Å². The van der Waals surface area contributed by atoms with Crippen LogP contribution >= 0.6 is 0 Å². The molecular formula is C18H23N3O3S. The summed E-state index contributed by atoms with van der Waals surface area (Å²) in [6.45, 7) is 2.54. The SMILES string of the molecule is CC(CNC(=O)Nc1ccc(S(=O)(=O)N(C)C)cc1)c1ccccc1. The van der Waals surface area contributed by atoms with E-state index in [1.807, 2.05) is 37.3 Å². The molecule has 2 aromatic rings. The molecule has 0 aliphatic heterocycles. The van der Waals surface area contributed by atoms with Crippen LogP contribution in [0.4, 0.5) is 10.5 Å². The lowest BCUT2D eigenvalue weighted by atomic mass is 10.0. The zero-order valence-corrected chi connectivity index (χ0v) is 15.4. The Bertz CT molecular complexity index is 803. The Kier molecular flexibility index (Phi) is 6.17. The number of nitrogens with zero attached hydrogens (tertiary/aromatic N) is 1. The van der Waals surface area contributed by atoms with Crippen molar-refractivity contribution in [3.05, 3.63) is 60.2 Å². The van der Waals surface area contributed by atoms with Crippen LogP contribution < -0.4 is 10.6 Å². The van der Waals surface area contributed by atoms with Gasteiger partial charge < -0.3 is 10.6 Å². The summed E-state index contributed by atoms with van der Waals surface area (Å²) in [5, 5.41) is 5.51. The lowest BCUT2D eigenvalue weighted by Crippen LogP contribution is -2.31. The Labute approximate surface area is 148 Å². The number of anilines is 1. The van der Waals surface area contributed by atoms with Gasteiger partial charge in [-0.15, -0.1) is 0 Å². The minimum Gasteiger partial charge on any atom is -0.337 e. The van der Waals surface area contributed by atoms with Crippen molar-refractivity contribution in [2.75, 3.05) is 26.0 Å². The topological polar surface area (TPSA) is 78.5 Å². The van der Waals surface area contributed by atoms with E-state index in [1.165, 1.54) is 26.2 Å². The molecule has 0 heterocycles. The minimum atomic E-state index is -3.47. The summed E-state index contributed by atoms with van der Waals surface area (Å²) >= 11 is 0. The fraction of sp³-hybridized carbons (Fsp3) is 0.278. The number of amides is 2. The number of urea groups is 1. The Morgan fingerprint density at radius 2 is 1.64 bits per heavy atom. The standard InChI is InChI=1S/C18H23N3O3S/c1-14(15-7-5-4-6-8-15)13-19-18(22)20-16-9-11-17(12-10-16)25(23,24)21(2)3/h4-12,14H,13H2,1-3H3,(H2,19,20,22). The first-order chi connectivity index (χ1) is 11.8. The number of sulfonamides is 1. The summed E-state index contributed by atoms with van der Waals surface area (Å²) < 4.78 is 25.2. The van der Waals surface area contributed by atoms with Gasteiger partial charge in [0.05, 0.1) is 4.90 Å². The normalized spacial score (nSPS) is 12.6. The van der Waals surface area contributed by atoms with Gasteiger partial charge in [0.1, 0.15) is 0 Å². The molecule has 0 saturated carbocycles. The predicted molar refractivity (Wildman–Crippen MR) is 99.2 cm³/mol. The van der Waals surface area contributed by atoms with Gasteiger partial charge in [0.2, 0.25) is 10.0 Å². The van der Waals surface area contributed by atoms with Crippen LogP contribution in [-0.2, 0) is 10.0 Å². The summed E-state index contributed by atoms with van der Waals surface area (Å²) in [6, 6.07) is 15.7. The molecule has 6 nitrogen and oxygen atoms in total. The second kappa shape index (κ2) is 8.13. The summed E-state index contributed by atoms with van der Waals surface area (Å²) in [4.78, 5) is 12.2. The molecule has 2 N–H and O–H groups in total. The number of rotatable bonds is 6. The molecule has 0 aliphatic rings. The third-order valence-electron chi connectivity index (χ3n) is 3.83. The highest BCUT2D eigenvalue weighted by Gasteiger charge is 2.16. The smallest absolute Gasteiger partial charge is 0.319 e. The third-order valence-corrected chi connectivity index (χ3v) is 5.66. The quantitative estimate of drug-likeness (QED) is 0.830. The largest absolute Gasteiger partial charge is 0.337 e. The highest BCUT2D eigenvalue weighted by Crippen LogP contribution is 2.17. The maximum atomic E-state index is 12.0. The number of nitrogens with one attached hydrogen (secondary N) is 2. The Hall–Kier alpha value is -2.38. The van der Waals surface area contributed by atoms with Crippen molar-refractivity contribution in [3.63, 3.8) is 0 Å². The van der Waals surface area contributed by atoms with Crippen molar-refractivity contribution >= 4 is 21.7 Å². The molecule has 134 valence electrons. The van der Waals surface area contributed by atoms with Gasteiger partial charge in [-0.05, 0) is 35.7 Å². The highest BCUT2D eigenvalue weighted by atomic mass is 32.2. The zero-order chi connectivity index (χ0) is 18.4. The zero-order valence-electron chi connectivity index (χ0n) is 14.6. The van der Waals surface area contributed by atoms with E-state index < -0.39 is 10.0 Å². The lowest BCUT2D eigenvalue weighted by molar-refractivity contribution is 0.251. The first-order valence-corrected chi connectivity index (χ1v) is 9.37. The fourth-order valence-corrected chi connectivity index (χ4v) is 3.14. The van der Waals surface area contributed by atoms with Gasteiger partial charge in [-0.3, -0.25) is 0 Å². The van der Waals surface area contributed by atoms with E-state index in [-0.39, 0.29) is 16.8 Å². The van der Waals surface area contributed by atoms with Gasteiger partial charge >= 0.3 is 6.03 Å². The number of hydrogen-bond donors (Lipinski definition) is 2. The van der Waals surface area contributed by atoms with E-state index in [2.05, 4.69) is 10.6 Å². The average molecular weight is 361 g/mol. The molecule has 0 aromatic heterocycles. The van der Waals surface area contributed by atoms with Crippen molar-refractivity contribution in [2.45, 2.75) is 17.7 Å². The molecule has 7 heteroatoms. The summed E-state index contributed by atoms with van der Waals surface area (Å²) in [5.41, 5.74) is 1.68. The van der Waals surface area contributed by atoms with Crippen molar-refractivity contribution < 1.29 is 13.2 Å². The van der Waals surface area contributed by atoms with E-state index in [0.717, 1.165) is 9.87 Å². The van der Waals surface area contributed by atoms with E-state index >= 15 is 0 Å². The molecule has 0 aliphatic carbocycles. The van der Waals surface area contributed by atoms with Crippen LogP contribution in [0.2, 0.25) is 0 Å². The first kappa shape index (κ1) is 19.0. The molecule has 25 heavy (non-hydrogen) atoms. The van der Waals surface area contributed by atoms with Crippen molar-refractivity contribution in [1.29, 1.82) is 0 Å². The van der Waals surface area contributed by atoms with E-state index in [0.29, 0.717) is 12.2 Å². The molecule has 1 unspecified atom stereocenters. The van der Waals surface area contributed by atoms with Crippen LogP contribution in [-0.4, -0.2) is 39.4 Å². The predicted octanol–water partition coefficient (Wildman–Crippen LogP) is 2.86. The van der Waals surface area contributed by atoms with Crippen LogP contribution in [0.3, 0.4) is 0 Å². The molecular weight excluding hydrogens is 338 g/mol. The molecule has 0 bridgehead atoms. The third kappa shape index (κ3) is 5.04. The van der Waals surface area contributed by atoms with Crippen LogP contribution in [0.5, 0.6) is 0 Å². The second-order valence-corrected chi connectivity index (χ2v) is 8.11. The molecule has 2 rings (SSSR count). The number of benzene rings is 2. The fourth-order valence-electron chi connectivity index (χ4n) is 2.24. The molecule has 1 atom stereocenters. The molecule has 2 amide bonds. The van der Waals surface area contributed by atoms with Crippen LogP contribution in [0.25, 0.3) is 0 Å². The van der Waals surface area contributed by atoms with Gasteiger partial charge in [-0.25, -0.2) is 17.5 Å². The first-order valence-electron chi connectivity index (χ1n) is 7.93. The van der Waals surface area contributed by atoms with E-state index in [9.17, 15) is 13.2 Å². The molecule has 0 spiro atoms.